The molecule has 4 heteroatoms. The lowest BCUT2D eigenvalue weighted by molar-refractivity contribution is 0.297. The van der Waals surface area contributed by atoms with Crippen molar-refractivity contribution in [3.63, 3.8) is 0 Å². The van der Waals surface area contributed by atoms with Crippen LogP contribution >= 0.6 is 0 Å². The van der Waals surface area contributed by atoms with Crippen LogP contribution in [0.1, 0.15) is 22.9 Å². The van der Waals surface area contributed by atoms with Gasteiger partial charge in [-0.1, -0.05) is 12.1 Å². The number of oxazole rings is 1. The molecule has 1 aromatic carbocycles. The van der Waals surface area contributed by atoms with Gasteiger partial charge in [-0.2, -0.15) is 0 Å². The quantitative estimate of drug-likeness (QED) is 0.879. The summed E-state index contributed by atoms with van der Waals surface area (Å²) in [4.78, 5) is 4.38. The molecule has 18 heavy (non-hydrogen) atoms. The Morgan fingerprint density at radius 3 is 2.61 bits per heavy atom. The van der Waals surface area contributed by atoms with Crippen LogP contribution in [0.2, 0.25) is 0 Å². The van der Waals surface area contributed by atoms with E-state index >= 15 is 0 Å². The molecule has 0 radical (unpaired) electrons. The molecule has 0 saturated heterocycles. The van der Waals surface area contributed by atoms with Gasteiger partial charge < -0.3 is 14.3 Å². The standard InChI is InChI=1S/C14H17NO3/c1-10-13(7-8-16)15-14(18-10)9-11-3-5-12(17-2)6-4-11/h3-6,16H,7-9H2,1-2H3. The Labute approximate surface area is 106 Å². The zero-order chi connectivity index (χ0) is 13.0. The number of hydrogen-bond donors (Lipinski definition) is 1. The molecule has 0 saturated carbocycles. The first-order valence-corrected chi connectivity index (χ1v) is 5.92. The van der Waals surface area contributed by atoms with Crippen LogP contribution in [0, 0.1) is 6.92 Å². The highest BCUT2D eigenvalue weighted by Crippen LogP contribution is 2.17. The van der Waals surface area contributed by atoms with Crippen molar-refractivity contribution in [3.05, 3.63) is 47.2 Å². The Balaban J connectivity index is 2.10. The summed E-state index contributed by atoms with van der Waals surface area (Å²) < 4.78 is 10.7. The highest BCUT2D eigenvalue weighted by molar-refractivity contribution is 5.28. The smallest absolute Gasteiger partial charge is 0.199 e. The molecule has 0 aliphatic heterocycles. The predicted octanol–water partition coefficient (Wildman–Crippen LogP) is 2.12. The second kappa shape index (κ2) is 5.69. The van der Waals surface area contributed by atoms with E-state index in [0.29, 0.717) is 18.7 Å². The van der Waals surface area contributed by atoms with Gasteiger partial charge in [-0.15, -0.1) is 0 Å². The first-order valence-electron chi connectivity index (χ1n) is 5.92. The van der Waals surface area contributed by atoms with Crippen molar-refractivity contribution in [1.29, 1.82) is 0 Å². The number of methoxy groups -OCH3 is 1. The number of aliphatic hydroxyl groups is 1. The molecule has 4 nitrogen and oxygen atoms in total. The number of ether oxygens (including phenoxy) is 1. The fourth-order valence-corrected chi connectivity index (χ4v) is 1.82. The highest BCUT2D eigenvalue weighted by Gasteiger charge is 2.09. The lowest BCUT2D eigenvalue weighted by atomic mass is 10.1. The molecule has 0 spiro atoms. The monoisotopic (exact) mass is 247 g/mol. The number of nitrogens with zero attached hydrogens (tertiary/aromatic N) is 1. The molecule has 0 atom stereocenters. The van der Waals surface area contributed by atoms with Gasteiger partial charge in [0, 0.05) is 19.4 Å². The van der Waals surface area contributed by atoms with Gasteiger partial charge in [-0.25, -0.2) is 4.98 Å². The molecule has 2 rings (SSSR count). The molecule has 0 amide bonds. The largest absolute Gasteiger partial charge is 0.497 e. The van der Waals surface area contributed by atoms with Crippen molar-refractivity contribution in [2.75, 3.05) is 13.7 Å². The summed E-state index contributed by atoms with van der Waals surface area (Å²) in [7, 11) is 1.65. The maximum Gasteiger partial charge on any atom is 0.199 e. The van der Waals surface area contributed by atoms with E-state index in [9.17, 15) is 0 Å². The van der Waals surface area contributed by atoms with E-state index in [1.165, 1.54) is 0 Å². The van der Waals surface area contributed by atoms with E-state index in [4.69, 9.17) is 14.3 Å². The van der Waals surface area contributed by atoms with Gasteiger partial charge in [0.1, 0.15) is 11.5 Å². The Morgan fingerprint density at radius 2 is 2.00 bits per heavy atom. The molecule has 0 bridgehead atoms. The summed E-state index contributed by atoms with van der Waals surface area (Å²) in [6, 6.07) is 7.81. The molecule has 1 N–H and O–H groups in total. The lowest BCUT2D eigenvalue weighted by Gasteiger charge is -2.00. The summed E-state index contributed by atoms with van der Waals surface area (Å²) in [6.45, 7) is 1.96. The van der Waals surface area contributed by atoms with E-state index in [1.807, 2.05) is 31.2 Å². The van der Waals surface area contributed by atoms with E-state index < -0.39 is 0 Å². The van der Waals surface area contributed by atoms with Crippen LogP contribution in [0.5, 0.6) is 5.75 Å². The van der Waals surface area contributed by atoms with Crippen molar-refractivity contribution < 1.29 is 14.3 Å². The predicted molar refractivity (Wildman–Crippen MR) is 67.8 cm³/mol. The van der Waals surface area contributed by atoms with Crippen LogP contribution in [0.25, 0.3) is 0 Å². The number of hydrogen-bond acceptors (Lipinski definition) is 4. The maximum atomic E-state index is 8.91. The summed E-state index contributed by atoms with van der Waals surface area (Å²) in [5.41, 5.74) is 1.95. The molecule has 0 aliphatic carbocycles. The van der Waals surface area contributed by atoms with Crippen molar-refractivity contribution in [2.24, 2.45) is 0 Å². The third kappa shape index (κ3) is 2.90. The molecule has 0 unspecified atom stereocenters. The van der Waals surface area contributed by atoms with Gasteiger partial charge in [-0.3, -0.25) is 0 Å². The van der Waals surface area contributed by atoms with E-state index in [1.54, 1.807) is 7.11 Å². The molecule has 0 fully saturated rings. The van der Waals surface area contributed by atoms with E-state index in [0.717, 1.165) is 22.8 Å². The third-order valence-corrected chi connectivity index (χ3v) is 2.80. The third-order valence-electron chi connectivity index (χ3n) is 2.80. The first kappa shape index (κ1) is 12.6. The number of aromatic nitrogens is 1. The van der Waals surface area contributed by atoms with Gasteiger partial charge in [0.2, 0.25) is 0 Å². The average molecular weight is 247 g/mol. The van der Waals surface area contributed by atoms with Crippen molar-refractivity contribution in [2.45, 2.75) is 19.8 Å². The summed E-state index contributed by atoms with van der Waals surface area (Å²) in [6.07, 6.45) is 1.19. The number of aryl methyl sites for hydroxylation is 1. The molecule has 2 aromatic rings. The SMILES string of the molecule is COc1ccc(Cc2nc(CCO)c(C)o2)cc1. The minimum Gasteiger partial charge on any atom is -0.497 e. The van der Waals surface area contributed by atoms with E-state index in [-0.39, 0.29) is 6.61 Å². The van der Waals surface area contributed by atoms with Gasteiger partial charge in [0.15, 0.2) is 5.89 Å². The Kier molecular flexibility index (Phi) is 3.99. The highest BCUT2D eigenvalue weighted by atomic mass is 16.5. The van der Waals surface area contributed by atoms with Gasteiger partial charge >= 0.3 is 0 Å². The van der Waals surface area contributed by atoms with Crippen molar-refractivity contribution in [3.8, 4) is 5.75 Å². The minimum atomic E-state index is 0.0926. The van der Waals surface area contributed by atoms with Gasteiger partial charge in [0.25, 0.3) is 0 Å². The van der Waals surface area contributed by atoms with Crippen molar-refractivity contribution >= 4 is 0 Å². The second-order valence-corrected chi connectivity index (χ2v) is 4.11. The number of aliphatic hydroxyl groups excluding tert-OH is 1. The number of rotatable bonds is 5. The second-order valence-electron chi connectivity index (χ2n) is 4.11. The maximum absolute atomic E-state index is 8.91. The fraction of sp³-hybridized carbons (Fsp3) is 0.357. The fourth-order valence-electron chi connectivity index (χ4n) is 1.82. The van der Waals surface area contributed by atoms with E-state index in [2.05, 4.69) is 4.98 Å². The first-order chi connectivity index (χ1) is 8.72. The summed E-state index contributed by atoms with van der Waals surface area (Å²) in [5, 5.41) is 8.91. The Hall–Kier alpha value is -1.81. The van der Waals surface area contributed by atoms with Crippen LogP contribution in [0.3, 0.4) is 0 Å². The summed E-state index contributed by atoms with van der Waals surface area (Å²) in [5.74, 6) is 2.30. The normalized spacial score (nSPS) is 10.6. The molecule has 96 valence electrons. The van der Waals surface area contributed by atoms with Gasteiger partial charge in [0.05, 0.1) is 12.8 Å². The topological polar surface area (TPSA) is 55.5 Å². The van der Waals surface area contributed by atoms with Crippen LogP contribution in [-0.2, 0) is 12.8 Å². The molecular weight excluding hydrogens is 230 g/mol. The summed E-state index contributed by atoms with van der Waals surface area (Å²) >= 11 is 0. The zero-order valence-electron chi connectivity index (χ0n) is 10.6. The van der Waals surface area contributed by atoms with Crippen LogP contribution in [0.4, 0.5) is 0 Å². The molecule has 1 aromatic heterocycles. The molecule has 0 aliphatic rings. The van der Waals surface area contributed by atoms with Crippen LogP contribution < -0.4 is 4.74 Å². The Morgan fingerprint density at radius 1 is 1.28 bits per heavy atom. The lowest BCUT2D eigenvalue weighted by Crippen LogP contribution is -1.94. The zero-order valence-corrected chi connectivity index (χ0v) is 10.6. The number of benzene rings is 1. The van der Waals surface area contributed by atoms with Crippen LogP contribution in [-0.4, -0.2) is 23.8 Å². The molecular formula is C14H17NO3. The molecule has 1 heterocycles. The van der Waals surface area contributed by atoms with Gasteiger partial charge in [-0.05, 0) is 24.6 Å². The van der Waals surface area contributed by atoms with Crippen molar-refractivity contribution in [1.82, 2.24) is 4.98 Å². The minimum absolute atomic E-state index is 0.0926. The Bertz CT molecular complexity index is 502. The van der Waals surface area contributed by atoms with Crippen LogP contribution in [0.15, 0.2) is 28.7 Å². The average Bonchev–Trinajstić information content (AvgIpc) is 2.71.